The van der Waals surface area contributed by atoms with Crippen molar-refractivity contribution in [3.05, 3.63) is 0 Å². The lowest BCUT2D eigenvalue weighted by Gasteiger charge is -2.45. The molecule has 0 heterocycles. The molecular weight excluding hydrogens is 268 g/mol. The lowest BCUT2D eigenvalue weighted by Crippen LogP contribution is -2.60. The van der Waals surface area contributed by atoms with Gasteiger partial charge >= 0.3 is 5.97 Å². The number of hydrogen-bond donors (Lipinski definition) is 2. The van der Waals surface area contributed by atoms with Gasteiger partial charge in [-0.2, -0.15) is 0 Å². The number of hydrogen-bond acceptors (Lipinski definition) is 4. The van der Waals surface area contributed by atoms with Crippen LogP contribution in [0.5, 0.6) is 0 Å². The van der Waals surface area contributed by atoms with Crippen LogP contribution in [0.4, 0.5) is 0 Å². The molecular formula is C16H32N2O3. The fourth-order valence-electron chi connectivity index (χ4n) is 3.53. The van der Waals surface area contributed by atoms with E-state index in [2.05, 4.69) is 24.1 Å². The average Bonchev–Trinajstić information content (AvgIpc) is 2.38. The summed E-state index contributed by atoms with van der Waals surface area (Å²) in [7, 11) is 1.71. The first-order valence-corrected chi connectivity index (χ1v) is 8.08. The molecule has 0 aromatic rings. The molecule has 0 aromatic heterocycles. The Hall–Kier alpha value is -0.650. The molecule has 2 atom stereocenters. The van der Waals surface area contributed by atoms with Gasteiger partial charge in [0, 0.05) is 31.8 Å². The summed E-state index contributed by atoms with van der Waals surface area (Å²) >= 11 is 0. The molecule has 0 saturated heterocycles. The average molecular weight is 300 g/mol. The number of nitrogens with zero attached hydrogens (tertiary/aromatic N) is 1. The summed E-state index contributed by atoms with van der Waals surface area (Å²) in [5.41, 5.74) is -0.780. The van der Waals surface area contributed by atoms with Crippen LogP contribution >= 0.6 is 0 Å². The Morgan fingerprint density at radius 1 is 1.43 bits per heavy atom. The smallest absolute Gasteiger partial charge is 0.323 e. The number of carboxylic acids is 1. The highest BCUT2D eigenvalue weighted by atomic mass is 16.5. The second-order valence-electron chi connectivity index (χ2n) is 6.76. The second kappa shape index (κ2) is 8.11. The van der Waals surface area contributed by atoms with Gasteiger partial charge in [-0.3, -0.25) is 15.0 Å². The molecule has 0 aromatic carbocycles. The molecule has 2 unspecified atom stereocenters. The van der Waals surface area contributed by atoms with Crippen molar-refractivity contribution in [2.45, 2.75) is 77.0 Å². The zero-order chi connectivity index (χ0) is 16.0. The van der Waals surface area contributed by atoms with Crippen LogP contribution < -0.4 is 5.32 Å². The van der Waals surface area contributed by atoms with Crippen molar-refractivity contribution in [2.24, 2.45) is 0 Å². The highest BCUT2D eigenvalue weighted by Gasteiger charge is 2.44. The van der Waals surface area contributed by atoms with Crippen molar-refractivity contribution in [1.29, 1.82) is 0 Å². The van der Waals surface area contributed by atoms with E-state index >= 15 is 0 Å². The third-order valence-corrected chi connectivity index (χ3v) is 4.39. The third kappa shape index (κ3) is 4.94. The Kier molecular flexibility index (Phi) is 7.10. The summed E-state index contributed by atoms with van der Waals surface area (Å²) in [4.78, 5) is 14.2. The van der Waals surface area contributed by atoms with Crippen LogP contribution in [0.3, 0.4) is 0 Å². The van der Waals surface area contributed by atoms with Gasteiger partial charge in [-0.15, -0.1) is 0 Å². The fraction of sp³-hybridized carbons (Fsp3) is 0.938. The molecule has 1 aliphatic rings. The molecule has 124 valence electrons. The summed E-state index contributed by atoms with van der Waals surface area (Å²) in [5.74, 6) is -0.712. The molecule has 0 bridgehead atoms. The summed E-state index contributed by atoms with van der Waals surface area (Å²) < 4.78 is 5.20. The van der Waals surface area contributed by atoms with Gasteiger partial charge in [0.05, 0.1) is 6.61 Å². The Bertz CT molecular complexity index is 333. The molecule has 2 N–H and O–H groups in total. The van der Waals surface area contributed by atoms with Crippen LogP contribution in [-0.4, -0.2) is 59.9 Å². The largest absolute Gasteiger partial charge is 0.480 e. The first kappa shape index (κ1) is 18.4. The van der Waals surface area contributed by atoms with E-state index < -0.39 is 11.5 Å². The maximum Gasteiger partial charge on any atom is 0.323 e. The van der Waals surface area contributed by atoms with E-state index in [1.165, 1.54) is 0 Å². The van der Waals surface area contributed by atoms with E-state index in [1.807, 2.05) is 13.8 Å². The van der Waals surface area contributed by atoms with Crippen molar-refractivity contribution >= 4 is 5.97 Å². The van der Waals surface area contributed by atoms with Crippen molar-refractivity contribution in [1.82, 2.24) is 10.2 Å². The molecule has 0 radical (unpaired) electrons. The minimum absolute atomic E-state index is 0.173. The number of methoxy groups -OCH3 is 1. The monoisotopic (exact) mass is 300 g/mol. The Labute approximate surface area is 129 Å². The summed E-state index contributed by atoms with van der Waals surface area (Å²) in [6, 6.07) is 0.872. The van der Waals surface area contributed by atoms with Gasteiger partial charge in [0.2, 0.25) is 0 Å². The van der Waals surface area contributed by atoms with Gasteiger partial charge in [0.1, 0.15) is 5.54 Å². The maximum atomic E-state index is 11.9. The highest BCUT2D eigenvalue weighted by Crippen LogP contribution is 2.33. The van der Waals surface area contributed by atoms with Crippen molar-refractivity contribution < 1.29 is 14.6 Å². The Morgan fingerprint density at radius 2 is 2.10 bits per heavy atom. The molecule has 21 heavy (non-hydrogen) atoms. The highest BCUT2D eigenvalue weighted by molar-refractivity contribution is 5.79. The van der Waals surface area contributed by atoms with Gasteiger partial charge < -0.3 is 9.84 Å². The number of ether oxygens (including phenoxy) is 1. The minimum Gasteiger partial charge on any atom is -0.480 e. The first-order chi connectivity index (χ1) is 9.82. The molecule has 1 rings (SSSR count). The summed E-state index contributed by atoms with van der Waals surface area (Å²) in [6.07, 6.45) is 3.40. The van der Waals surface area contributed by atoms with Crippen LogP contribution in [0.1, 0.15) is 53.4 Å². The van der Waals surface area contributed by atoms with E-state index in [0.717, 1.165) is 19.4 Å². The van der Waals surface area contributed by atoms with Crippen LogP contribution in [0.25, 0.3) is 0 Å². The van der Waals surface area contributed by atoms with Gasteiger partial charge in [-0.25, -0.2) is 0 Å². The minimum atomic E-state index is -0.780. The van der Waals surface area contributed by atoms with E-state index in [0.29, 0.717) is 31.5 Å². The van der Waals surface area contributed by atoms with E-state index in [9.17, 15) is 9.90 Å². The van der Waals surface area contributed by atoms with E-state index in [-0.39, 0.29) is 6.04 Å². The molecule has 0 aliphatic heterocycles. The Balaban J connectivity index is 2.86. The Morgan fingerprint density at radius 3 is 2.57 bits per heavy atom. The lowest BCUT2D eigenvalue weighted by atomic mass is 9.77. The van der Waals surface area contributed by atoms with Gasteiger partial charge in [0.15, 0.2) is 0 Å². The molecule has 5 heteroatoms. The van der Waals surface area contributed by atoms with Crippen molar-refractivity contribution in [3.8, 4) is 0 Å². The number of aliphatic carboxylic acids is 1. The molecule has 1 aliphatic carbocycles. The normalized spacial score (nSPS) is 26.8. The number of nitrogens with one attached hydrogen (secondary N) is 1. The van der Waals surface area contributed by atoms with Crippen LogP contribution in [-0.2, 0) is 9.53 Å². The molecule has 1 saturated carbocycles. The summed E-state index contributed by atoms with van der Waals surface area (Å²) in [5, 5.41) is 13.1. The first-order valence-electron chi connectivity index (χ1n) is 8.08. The standard InChI is InChI=1S/C16H32N2O3/c1-12(2)17-16(15(19)20)8-6-7-14(11-16)18(13(3)4)9-10-21-5/h12-14,17H,6-11H2,1-5H3,(H,19,20). The number of carbonyl (C=O) groups is 1. The maximum absolute atomic E-state index is 11.9. The fourth-order valence-corrected chi connectivity index (χ4v) is 3.53. The van der Waals surface area contributed by atoms with E-state index in [4.69, 9.17) is 4.74 Å². The molecule has 5 nitrogen and oxygen atoms in total. The second-order valence-corrected chi connectivity index (χ2v) is 6.76. The zero-order valence-electron chi connectivity index (χ0n) is 14.2. The molecule has 0 amide bonds. The van der Waals surface area contributed by atoms with Gasteiger partial charge in [-0.05, 0) is 53.4 Å². The van der Waals surface area contributed by atoms with Crippen molar-refractivity contribution in [2.75, 3.05) is 20.3 Å². The zero-order valence-corrected chi connectivity index (χ0v) is 14.2. The van der Waals surface area contributed by atoms with E-state index in [1.54, 1.807) is 7.11 Å². The van der Waals surface area contributed by atoms with Crippen LogP contribution in [0, 0.1) is 0 Å². The van der Waals surface area contributed by atoms with Gasteiger partial charge in [-0.1, -0.05) is 0 Å². The van der Waals surface area contributed by atoms with Crippen LogP contribution in [0.2, 0.25) is 0 Å². The lowest BCUT2D eigenvalue weighted by molar-refractivity contribution is -0.148. The predicted molar refractivity (Wildman–Crippen MR) is 84.6 cm³/mol. The SMILES string of the molecule is COCCN(C(C)C)C1CCCC(NC(C)C)(C(=O)O)C1. The predicted octanol–water partition coefficient (Wildman–Crippen LogP) is 2.11. The number of carboxylic acid groups (broad SMARTS) is 1. The van der Waals surface area contributed by atoms with Gasteiger partial charge in [0.25, 0.3) is 0 Å². The molecule has 0 spiro atoms. The van der Waals surface area contributed by atoms with Crippen LogP contribution in [0.15, 0.2) is 0 Å². The number of rotatable bonds is 8. The van der Waals surface area contributed by atoms with Crippen molar-refractivity contribution in [3.63, 3.8) is 0 Å². The summed E-state index contributed by atoms with van der Waals surface area (Å²) in [6.45, 7) is 9.91. The molecule has 1 fully saturated rings. The topological polar surface area (TPSA) is 61.8 Å². The third-order valence-electron chi connectivity index (χ3n) is 4.39. The quantitative estimate of drug-likeness (QED) is 0.719.